The minimum Gasteiger partial charge on any atom is -0.395 e. The van der Waals surface area contributed by atoms with Gasteiger partial charge < -0.3 is 15.9 Å². The third kappa shape index (κ3) is 1.60. The summed E-state index contributed by atoms with van der Waals surface area (Å²) in [4.78, 5) is 0. The highest BCUT2D eigenvalue weighted by Gasteiger charge is 2.43. The molecule has 0 aromatic heterocycles. The van der Waals surface area contributed by atoms with Gasteiger partial charge in [0.15, 0.2) is 0 Å². The molecule has 4 N–H and O–H groups in total. The SMILES string of the molecule is N[C@H](CO)[C@H](O)[C@H]1C[C@H]2CC[C@H]1C2. The molecular weight excluding hydrogens is 166 g/mol. The number of fused-ring (bicyclic) bond motifs is 2. The van der Waals surface area contributed by atoms with Crippen molar-refractivity contribution in [3.8, 4) is 0 Å². The lowest BCUT2D eigenvalue weighted by Crippen LogP contribution is -2.44. The predicted molar refractivity (Wildman–Crippen MR) is 50.0 cm³/mol. The summed E-state index contributed by atoms with van der Waals surface area (Å²) in [5.74, 6) is 1.87. The molecule has 2 rings (SSSR count). The zero-order chi connectivity index (χ0) is 9.42. The molecule has 0 aromatic carbocycles. The van der Waals surface area contributed by atoms with Gasteiger partial charge in [-0.1, -0.05) is 6.42 Å². The van der Waals surface area contributed by atoms with E-state index in [0.717, 1.165) is 12.3 Å². The van der Waals surface area contributed by atoms with Crippen LogP contribution in [-0.2, 0) is 0 Å². The maximum atomic E-state index is 9.85. The van der Waals surface area contributed by atoms with Gasteiger partial charge in [-0.05, 0) is 37.0 Å². The van der Waals surface area contributed by atoms with Crippen molar-refractivity contribution in [1.82, 2.24) is 0 Å². The first kappa shape index (κ1) is 9.44. The van der Waals surface area contributed by atoms with Crippen LogP contribution in [0.3, 0.4) is 0 Å². The molecule has 76 valence electrons. The van der Waals surface area contributed by atoms with Crippen molar-refractivity contribution >= 4 is 0 Å². The van der Waals surface area contributed by atoms with Crippen molar-refractivity contribution in [3.63, 3.8) is 0 Å². The topological polar surface area (TPSA) is 66.5 Å². The van der Waals surface area contributed by atoms with E-state index in [2.05, 4.69) is 0 Å². The molecule has 0 spiro atoms. The molecule has 0 heterocycles. The molecule has 0 radical (unpaired) electrons. The summed E-state index contributed by atoms with van der Waals surface area (Å²) in [6.07, 6.45) is 4.51. The van der Waals surface area contributed by atoms with Crippen molar-refractivity contribution in [3.05, 3.63) is 0 Å². The lowest BCUT2D eigenvalue weighted by atomic mass is 9.82. The Labute approximate surface area is 78.9 Å². The summed E-state index contributed by atoms with van der Waals surface area (Å²) in [7, 11) is 0. The van der Waals surface area contributed by atoms with Gasteiger partial charge in [0.1, 0.15) is 0 Å². The molecule has 0 saturated heterocycles. The average Bonchev–Trinajstić information content (AvgIpc) is 2.76. The number of aliphatic hydroxyl groups excluding tert-OH is 2. The number of hydrogen-bond acceptors (Lipinski definition) is 3. The predicted octanol–water partition coefficient (Wildman–Crippen LogP) is 0.103. The van der Waals surface area contributed by atoms with E-state index < -0.39 is 12.1 Å². The Bertz CT molecular complexity index is 186. The van der Waals surface area contributed by atoms with E-state index in [1.165, 1.54) is 19.3 Å². The van der Waals surface area contributed by atoms with Crippen LogP contribution in [-0.4, -0.2) is 29.0 Å². The zero-order valence-corrected chi connectivity index (χ0v) is 7.89. The third-order valence-corrected chi connectivity index (χ3v) is 3.88. The molecule has 3 heteroatoms. The maximum absolute atomic E-state index is 9.85. The Morgan fingerprint density at radius 1 is 1.31 bits per heavy atom. The summed E-state index contributed by atoms with van der Waals surface area (Å²) < 4.78 is 0. The Hall–Kier alpha value is -0.120. The number of rotatable bonds is 3. The molecule has 3 nitrogen and oxygen atoms in total. The molecule has 2 aliphatic carbocycles. The largest absolute Gasteiger partial charge is 0.395 e. The maximum Gasteiger partial charge on any atom is 0.0744 e. The van der Waals surface area contributed by atoms with Crippen LogP contribution in [0.1, 0.15) is 25.7 Å². The van der Waals surface area contributed by atoms with E-state index in [1.807, 2.05) is 0 Å². The second kappa shape index (κ2) is 3.56. The van der Waals surface area contributed by atoms with Crippen LogP contribution in [0.2, 0.25) is 0 Å². The first-order chi connectivity index (χ1) is 6.22. The van der Waals surface area contributed by atoms with Crippen LogP contribution in [0.25, 0.3) is 0 Å². The fraction of sp³-hybridized carbons (Fsp3) is 1.00. The molecule has 2 saturated carbocycles. The lowest BCUT2D eigenvalue weighted by molar-refractivity contribution is 0.0350. The van der Waals surface area contributed by atoms with Crippen LogP contribution in [0.4, 0.5) is 0 Å². The second-order valence-electron chi connectivity index (χ2n) is 4.68. The van der Waals surface area contributed by atoms with Crippen molar-refractivity contribution < 1.29 is 10.2 Å². The van der Waals surface area contributed by atoms with Gasteiger partial charge in [0.25, 0.3) is 0 Å². The number of aliphatic hydroxyl groups is 2. The minimum atomic E-state index is -0.486. The molecule has 2 aliphatic rings. The van der Waals surface area contributed by atoms with Crippen LogP contribution in [0.15, 0.2) is 0 Å². The van der Waals surface area contributed by atoms with Crippen LogP contribution in [0.5, 0.6) is 0 Å². The minimum absolute atomic E-state index is 0.102. The van der Waals surface area contributed by atoms with Crippen LogP contribution < -0.4 is 5.73 Å². The Morgan fingerprint density at radius 3 is 2.54 bits per heavy atom. The monoisotopic (exact) mass is 185 g/mol. The van der Waals surface area contributed by atoms with Gasteiger partial charge in [-0.2, -0.15) is 0 Å². The standard InChI is InChI=1S/C10H19NO2/c11-9(5-12)10(13)8-4-6-1-2-7(8)3-6/h6-10,12-13H,1-5,11H2/t6-,7-,8-,9+,10+/m0/s1. The van der Waals surface area contributed by atoms with Gasteiger partial charge in [-0.3, -0.25) is 0 Å². The molecule has 0 aromatic rings. The Kier molecular flexibility index (Phi) is 2.58. The van der Waals surface area contributed by atoms with Crippen molar-refractivity contribution in [1.29, 1.82) is 0 Å². The van der Waals surface area contributed by atoms with Crippen LogP contribution in [0, 0.1) is 17.8 Å². The highest BCUT2D eigenvalue weighted by Crippen LogP contribution is 2.49. The molecule has 2 fully saturated rings. The molecule has 13 heavy (non-hydrogen) atoms. The van der Waals surface area contributed by atoms with E-state index >= 15 is 0 Å². The molecule has 2 bridgehead atoms. The van der Waals surface area contributed by atoms with Gasteiger partial charge in [0.05, 0.1) is 18.8 Å². The van der Waals surface area contributed by atoms with Gasteiger partial charge in [-0.25, -0.2) is 0 Å². The fourth-order valence-corrected chi connectivity index (χ4v) is 3.14. The highest BCUT2D eigenvalue weighted by molar-refractivity contribution is 4.95. The molecular formula is C10H19NO2. The molecule has 0 aliphatic heterocycles. The normalized spacial score (nSPS) is 42.2. The average molecular weight is 185 g/mol. The second-order valence-corrected chi connectivity index (χ2v) is 4.68. The third-order valence-electron chi connectivity index (χ3n) is 3.88. The summed E-state index contributed by atoms with van der Waals surface area (Å²) in [5, 5.41) is 18.7. The molecule has 0 amide bonds. The fourth-order valence-electron chi connectivity index (χ4n) is 3.14. The molecule has 0 unspecified atom stereocenters. The Morgan fingerprint density at radius 2 is 2.08 bits per heavy atom. The summed E-state index contributed by atoms with van der Waals surface area (Å²) in [6.45, 7) is -0.102. The molecule has 5 atom stereocenters. The summed E-state index contributed by atoms with van der Waals surface area (Å²) in [6, 6.07) is -0.440. The number of nitrogens with two attached hydrogens (primary N) is 1. The highest BCUT2D eigenvalue weighted by atomic mass is 16.3. The van der Waals surface area contributed by atoms with Crippen molar-refractivity contribution in [2.24, 2.45) is 23.5 Å². The van der Waals surface area contributed by atoms with Gasteiger partial charge >= 0.3 is 0 Å². The zero-order valence-electron chi connectivity index (χ0n) is 7.89. The van der Waals surface area contributed by atoms with E-state index in [1.54, 1.807) is 0 Å². The number of hydrogen-bond donors (Lipinski definition) is 3. The van der Waals surface area contributed by atoms with Gasteiger partial charge in [0, 0.05) is 0 Å². The first-order valence-electron chi connectivity index (χ1n) is 5.27. The van der Waals surface area contributed by atoms with Crippen molar-refractivity contribution in [2.75, 3.05) is 6.61 Å². The van der Waals surface area contributed by atoms with E-state index in [0.29, 0.717) is 11.8 Å². The van der Waals surface area contributed by atoms with Gasteiger partial charge in [0.2, 0.25) is 0 Å². The van der Waals surface area contributed by atoms with E-state index in [-0.39, 0.29) is 6.61 Å². The van der Waals surface area contributed by atoms with Crippen LogP contribution >= 0.6 is 0 Å². The quantitative estimate of drug-likeness (QED) is 0.584. The smallest absolute Gasteiger partial charge is 0.0744 e. The van der Waals surface area contributed by atoms with Gasteiger partial charge in [-0.15, -0.1) is 0 Å². The lowest BCUT2D eigenvalue weighted by Gasteiger charge is -2.29. The summed E-state index contributed by atoms with van der Waals surface area (Å²) >= 11 is 0. The van der Waals surface area contributed by atoms with Crippen molar-refractivity contribution in [2.45, 2.75) is 37.8 Å². The van der Waals surface area contributed by atoms with E-state index in [9.17, 15) is 5.11 Å². The summed E-state index contributed by atoms with van der Waals surface area (Å²) in [5.41, 5.74) is 5.63. The first-order valence-corrected chi connectivity index (χ1v) is 5.27. The Balaban J connectivity index is 1.94. The van der Waals surface area contributed by atoms with E-state index in [4.69, 9.17) is 10.8 Å².